The fourth-order valence-corrected chi connectivity index (χ4v) is 2.67. The van der Waals surface area contributed by atoms with E-state index in [1.807, 2.05) is 0 Å². The molecule has 0 aliphatic heterocycles. The van der Waals surface area contributed by atoms with Crippen molar-refractivity contribution in [2.24, 2.45) is 0 Å². The monoisotopic (exact) mass is 397 g/mol. The molecule has 0 atom stereocenters. The average molecular weight is 397 g/mol. The predicted octanol–water partition coefficient (Wildman–Crippen LogP) is 2.50. The molecule has 1 aromatic heterocycles. The standard InChI is InChI=1S/C18H18F3N3O4/c1-3-8-23(10-15(26)27)17(28)16-14(25)9-11(2)24(22-16)13-7-5-4-6-12(13)18(19,20)21/h4-7,9H,3,8,10H2,1-2H3,(H,26,27). The second-order valence-electron chi connectivity index (χ2n) is 6.05. The molecule has 1 aromatic carbocycles. The topological polar surface area (TPSA) is 92.5 Å². The van der Waals surface area contributed by atoms with Gasteiger partial charge in [-0.1, -0.05) is 19.1 Å². The molecule has 2 aromatic rings. The minimum absolute atomic E-state index is 0.0548. The van der Waals surface area contributed by atoms with Crippen molar-refractivity contribution < 1.29 is 27.9 Å². The Morgan fingerprint density at radius 2 is 1.89 bits per heavy atom. The third-order valence-corrected chi connectivity index (χ3v) is 3.85. The number of carbonyl (C=O) groups is 2. The van der Waals surface area contributed by atoms with Crippen LogP contribution in [0.25, 0.3) is 5.69 Å². The lowest BCUT2D eigenvalue weighted by Gasteiger charge is -2.21. The quantitative estimate of drug-likeness (QED) is 0.809. The number of benzene rings is 1. The van der Waals surface area contributed by atoms with Crippen LogP contribution in [0.2, 0.25) is 0 Å². The zero-order chi connectivity index (χ0) is 21.1. The van der Waals surface area contributed by atoms with E-state index in [0.29, 0.717) is 6.42 Å². The van der Waals surface area contributed by atoms with Gasteiger partial charge in [0.1, 0.15) is 6.54 Å². The van der Waals surface area contributed by atoms with Gasteiger partial charge in [-0.15, -0.1) is 0 Å². The van der Waals surface area contributed by atoms with Gasteiger partial charge in [-0.25, -0.2) is 4.68 Å². The first-order valence-corrected chi connectivity index (χ1v) is 8.35. The van der Waals surface area contributed by atoms with Crippen molar-refractivity contribution in [2.75, 3.05) is 13.1 Å². The molecule has 0 aliphatic carbocycles. The highest BCUT2D eigenvalue weighted by molar-refractivity contribution is 5.94. The number of halogens is 3. The summed E-state index contributed by atoms with van der Waals surface area (Å²) in [6, 6.07) is 5.62. The number of hydrogen-bond acceptors (Lipinski definition) is 4. The number of alkyl halides is 3. The summed E-state index contributed by atoms with van der Waals surface area (Å²) < 4.78 is 40.9. The SMILES string of the molecule is CCCN(CC(=O)O)C(=O)c1nn(-c2ccccc2C(F)(F)F)c(C)cc1=O. The van der Waals surface area contributed by atoms with Gasteiger partial charge in [0.25, 0.3) is 5.91 Å². The Hall–Kier alpha value is -3.17. The van der Waals surface area contributed by atoms with Gasteiger partial charge in [0, 0.05) is 18.3 Å². The number of nitrogens with zero attached hydrogens (tertiary/aromatic N) is 3. The zero-order valence-electron chi connectivity index (χ0n) is 15.2. The van der Waals surface area contributed by atoms with Crippen LogP contribution in [0.15, 0.2) is 35.1 Å². The summed E-state index contributed by atoms with van der Waals surface area (Å²) in [4.78, 5) is 36.8. The van der Waals surface area contributed by atoms with Crippen molar-refractivity contribution in [3.63, 3.8) is 0 Å². The molecule has 0 aliphatic rings. The van der Waals surface area contributed by atoms with Crippen LogP contribution in [0.1, 0.15) is 35.1 Å². The lowest BCUT2D eigenvalue weighted by molar-refractivity contribution is -0.138. The van der Waals surface area contributed by atoms with Gasteiger partial charge in [0.15, 0.2) is 5.69 Å². The van der Waals surface area contributed by atoms with Crippen LogP contribution in [0.4, 0.5) is 13.2 Å². The van der Waals surface area contributed by atoms with Crippen molar-refractivity contribution in [1.82, 2.24) is 14.7 Å². The van der Waals surface area contributed by atoms with Crippen molar-refractivity contribution in [2.45, 2.75) is 26.4 Å². The maximum Gasteiger partial charge on any atom is 0.418 e. The van der Waals surface area contributed by atoms with Gasteiger partial charge in [0.2, 0.25) is 5.43 Å². The Balaban J connectivity index is 2.62. The highest BCUT2D eigenvalue weighted by atomic mass is 19.4. The van der Waals surface area contributed by atoms with Crippen LogP contribution in [-0.2, 0) is 11.0 Å². The Morgan fingerprint density at radius 3 is 2.46 bits per heavy atom. The summed E-state index contributed by atoms with van der Waals surface area (Å²) in [5, 5.41) is 12.8. The minimum Gasteiger partial charge on any atom is -0.480 e. The molecule has 0 unspecified atom stereocenters. The summed E-state index contributed by atoms with van der Waals surface area (Å²) in [6.07, 6.45) is -4.24. The molecule has 1 amide bonds. The van der Waals surface area contributed by atoms with E-state index in [1.54, 1.807) is 6.92 Å². The fraction of sp³-hybridized carbons (Fsp3) is 0.333. The molecule has 0 fully saturated rings. The molecule has 2 rings (SSSR count). The number of carboxylic acids is 1. The number of aliphatic carboxylic acids is 1. The van der Waals surface area contributed by atoms with Crippen LogP contribution in [0, 0.1) is 6.92 Å². The fourth-order valence-electron chi connectivity index (χ4n) is 2.67. The summed E-state index contributed by atoms with van der Waals surface area (Å²) in [5.74, 6) is -2.23. The Morgan fingerprint density at radius 1 is 1.25 bits per heavy atom. The van der Waals surface area contributed by atoms with Gasteiger partial charge < -0.3 is 10.0 Å². The number of aryl methyl sites for hydroxylation is 1. The maximum absolute atomic E-state index is 13.3. The van der Waals surface area contributed by atoms with E-state index in [-0.39, 0.29) is 17.9 Å². The molecular weight excluding hydrogens is 379 g/mol. The number of hydrogen-bond donors (Lipinski definition) is 1. The maximum atomic E-state index is 13.3. The molecule has 0 saturated carbocycles. The number of carboxylic acid groups (broad SMARTS) is 1. The number of rotatable bonds is 6. The highest BCUT2D eigenvalue weighted by Crippen LogP contribution is 2.33. The van der Waals surface area contributed by atoms with Gasteiger partial charge in [-0.05, 0) is 25.5 Å². The van der Waals surface area contributed by atoms with Gasteiger partial charge >= 0.3 is 12.1 Å². The zero-order valence-corrected chi connectivity index (χ0v) is 15.2. The van der Waals surface area contributed by atoms with Crippen molar-refractivity contribution in [3.05, 3.63) is 57.5 Å². The van der Waals surface area contributed by atoms with Crippen LogP contribution in [0.3, 0.4) is 0 Å². The first kappa shape index (κ1) is 21.1. The Bertz CT molecular complexity index is 954. The van der Waals surface area contributed by atoms with Crippen LogP contribution < -0.4 is 5.43 Å². The highest BCUT2D eigenvalue weighted by Gasteiger charge is 2.34. The Kier molecular flexibility index (Phi) is 6.22. The van der Waals surface area contributed by atoms with E-state index in [4.69, 9.17) is 5.11 Å². The first-order valence-electron chi connectivity index (χ1n) is 8.35. The summed E-state index contributed by atoms with van der Waals surface area (Å²) in [6.45, 7) is 2.50. The molecular formula is C18H18F3N3O4. The number of carbonyl (C=O) groups excluding carboxylic acids is 1. The molecule has 28 heavy (non-hydrogen) atoms. The van der Waals surface area contributed by atoms with E-state index in [1.165, 1.54) is 25.1 Å². The van der Waals surface area contributed by atoms with E-state index in [2.05, 4.69) is 5.10 Å². The lowest BCUT2D eigenvalue weighted by Crippen LogP contribution is -2.40. The second kappa shape index (κ2) is 8.24. The van der Waals surface area contributed by atoms with Gasteiger partial charge in [-0.3, -0.25) is 14.4 Å². The van der Waals surface area contributed by atoms with Crippen molar-refractivity contribution in [3.8, 4) is 5.69 Å². The molecule has 10 heteroatoms. The van der Waals surface area contributed by atoms with Crippen LogP contribution in [0.5, 0.6) is 0 Å². The molecule has 0 radical (unpaired) electrons. The minimum atomic E-state index is -4.67. The van der Waals surface area contributed by atoms with E-state index < -0.39 is 41.3 Å². The molecule has 0 bridgehead atoms. The van der Waals surface area contributed by atoms with Crippen molar-refractivity contribution in [1.29, 1.82) is 0 Å². The molecule has 0 spiro atoms. The van der Waals surface area contributed by atoms with E-state index >= 15 is 0 Å². The van der Waals surface area contributed by atoms with Crippen LogP contribution >= 0.6 is 0 Å². The average Bonchev–Trinajstić information content (AvgIpc) is 2.60. The molecule has 150 valence electrons. The van der Waals surface area contributed by atoms with Crippen LogP contribution in [-0.4, -0.2) is 44.8 Å². The largest absolute Gasteiger partial charge is 0.480 e. The molecule has 7 nitrogen and oxygen atoms in total. The normalized spacial score (nSPS) is 11.3. The molecule has 1 heterocycles. The third kappa shape index (κ3) is 4.56. The van der Waals surface area contributed by atoms with Gasteiger partial charge in [-0.2, -0.15) is 18.3 Å². The van der Waals surface area contributed by atoms with E-state index in [9.17, 15) is 27.6 Å². The van der Waals surface area contributed by atoms with Gasteiger partial charge in [0.05, 0.1) is 11.3 Å². The molecule has 0 saturated heterocycles. The number of aromatic nitrogens is 2. The first-order chi connectivity index (χ1) is 13.1. The lowest BCUT2D eigenvalue weighted by atomic mass is 10.1. The Labute approximate surface area is 158 Å². The third-order valence-electron chi connectivity index (χ3n) is 3.85. The van der Waals surface area contributed by atoms with E-state index in [0.717, 1.165) is 21.7 Å². The summed E-state index contributed by atoms with van der Waals surface area (Å²) in [5.41, 5.74) is -2.67. The number of para-hydroxylation sites is 1. The summed E-state index contributed by atoms with van der Waals surface area (Å²) >= 11 is 0. The smallest absolute Gasteiger partial charge is 0.418 e. The number of amides is 1. The predicted molar refractivity (Wildman–Crippen MR) is 93.4 cm³/mol. The molecule has 1 N–H and O–H groups in total. The summed E-state index contributed by atoms with van der Waals surface area (Å²) in [7, 11) is 0. The van der Waals surface area contributed by atoms with Crippen molar-refractivity contribution >= 4 is 11.9 Å². The second-order valence-corrected chi connectivity index (χ2v) is 6.05.